The van der Waals surface area contributed by atoms with Crippen molar-refractivity contribution in [3.05, 3.63) is 17.5 Å². The number of likely N-dealkylation sites (tertiary alicyclic amines) is 1. The Kier molecular flexibility index (Phi) is 2.86. The normalized spacial score (nSPS) is 22.1. The van der Waals surface area contributed by atoms with Crippen molar-refractivity contribution in [2.45, 2.75) is 19.3 Å². The van der Waals surface area contributed by atoms with Gasteiger partial charge < -0.3 is 4.90 Å². The number of hydrogen-bond donors (Lipinski definition) is 0. The molecule has 15 heavy (non-hydrogen) atoms. The molecule has 0 aliphatic carbocycles. The van der Waals surface area contributed by atoms with Crippen molar-refractivity contribution in [1.29, 1.82) is 0 Å². The van der Waals surface area contributed by atoms with Crippen molar-refractivity contribution < 1.29 is 4.79 Å². The van der Waals surface area contributed by atoms with Gasteiger partial charge in [-0.25, -0.2) is 0 Å². The van der Waals surface area contributed by atoms with E-state index < -0.39 is 0 Å². The number of likely N-dealkylation sites (N-methyl/N-ethyl adjacent to an activating group) is 1. The molecule has 0 radical (unpaired) electrons. The lowest BCUT2D eigenvalue weighted by molar-refractivity contribution is 0.111. The van der Waals surface area contributed by atoms with E-state index in [1.807, 2.05) is 13.1 Å². The Bertz CT molecular complexity index is 359. The summed E-state index contributed by atoms with van der Waals surface area (Å²) in [5.41, 5.74) is 1.73. The molecule has 1 aromatic rings. The molecule has 0 aromatic carbocycles. The van der Waals surface area contributed by atoms with E-state index in [9.17, 15) is 4.79 Å². The van der Waals surface area contributed by atoms with Crippen molar-refractivity contribution >= 4 is 6.29 Å². The van der Waals surface area contributed by atoms with Gasteiger partial charge in [-0.1, -0.05) is 6.92 Å². The number of aldehydes is 1. The SMILES string of the molecule is CCN1CCC(c2cc(C=O)n(C)n2)C1. The predicted octanol–water partition coefficient (Wildman–Crippen LogP) is 1.04. The standard InChI is InChI=1S/C11H17N3O/c1-3-14-5-4-9(7-14)11-6-10(8-15)13(2)12-11/h6,8-9H,3-5,7H2,1-2H3. The van der Waals surface area contributed by atoms with Gasteiger partial charge in [0.15, 0.2) is 6.29 Å². The minimum Gasteiger partial charge on any atom is -0.303 e. The summed E-state index contributed by atoms with van der Waals surface area (Å²) in [7, 11) is 1.82. The zero-order valence-corrected chi connectivity index (χ0v) is 9.31. The van der Waals surface area contributed by atoms with Gasteiger partial charge in [-0.2, -0.15) is 5.10 Å². The van der Waals surface area contributed by atoms with E-state index in [2.05, 4.69) is 16.9 Å². The lowest BCUT2D eigenvalue weighted by Gasteiger charge is -2.11. The smallest absolute Gasteiger partial charge is 0.168 e. The first kappa shape index (κ1) is 10.4. The Balaban J connectivity index is 2.13. The van der Waals surface area contributed by atoms with E-state index in [1.54, 1.807) is 4.68 Å². The van der Waals surface area contributed by atoms with E-state index >= 15 is 0 Å². The molecule has 1 unspecified atom stereocenters. The second-order valence-corrected chi connectivity index (χ2v) is 4.11. The maximum atomic E-state index is 10.7. The highest BCUT2D eigenvalue weighted by Gasteiger charge is 2.25. The monoisotopic (exact) mass is 207 g/mol. The van der Waals surface area contributed by atoms with Gasteiger partial charge in [0.2, 0.25) is 0 Å². The maximum Gasteiger partial charge on any atom is 0.168 e. The van der Waals surface area contributed by atoms with E-state index in [4.69, 9.17) is 0 Å². The van der Waals surface area contributed by atoms with Crippen LogP contribution in [0.1, 0.15) is 35.4 Å². The Morgan fingerprint density at radius 1 is 1.67 bits per heavy atom. The number of hydrogen-bond acceptors (Lipinski definition) is 3. The molecule has 0 bridgehead atoms. The van der Waals surface area contributed by atoms with Gasteiger partial charge in [0.1, 0.15) is 5.69 Å². The van der Waals surface area contributed by atoms with Crippen molar-refractivity contribution in [3.8, 4) is 0 Å². The van der Waals surface area contributed by atoms with Crippen LogP contribution in [0.3, 0.4) is 0 Å². The summed E-state index contributed by atoms with van der Waals surface area (Å²) in [6.07, 6.45) is 2.02. The Labute approximate surface area is 89.9 Å². The van der Waals surface area contributed by atoms with Crippen molar-refractivity contribution in [1.82, 2.24) is 14.7 Å². The predicted molar refractivity (Wildman–Crippen MR) is 58.1 cm³/mol. The molecule has 2 rings (SSSR count). The molecule has 0 spiro atoms. The molecule has 1 aliphatic heterocycles. The quantitative estimate of drug-likeness (QED) is 0.695. The van der Waals surface area contributed by atoms with Crippen LogP contribution in [0.15, 0.2) is 6.07 Å². The highest BCUT2D eigenvalue weighted by atomic mass is 16.1. The third-order valence-corrected chi connectivity index (χ3v) is 3.19. The van der Waals surface area contributed by atoms with Crippen LogP contribution in [0.25, 0.3) is 0 Å². The van der Waals surface area contributed by atoms with Crippen molar-refractivity contribution in [2.24, 2.45) is 7.05 Å². The van der Waals surface area contributed by atoms with Crippen LogP contribution in [0.4, 0.5) is 0 Å². The average molecular weight is 207 g/mol. The lowest BCUT2D eigenvalue weighted by atomic mass is 10.1. The van der Waals surface area contributed by atoms with Crippen molar-refractivity contribution in [2.75, 3.05) is 19.6 Å². The fourth-order valence-electron chi connectivity index (χ4n) is 2.18. The Morgan fingerprint density at radius 3 is 3.00 bits per heavy atom. The third kappa shape index (κ3) is 1.95. The number of rotatable bonds is 3. The van der Waals surface area contributed by atoms with E-state index in [-0.39, 0.29) is 0 Å². The van der Waals surface area contributed by atoms with Crippen LogP contribution in [-0.4, -0.2) is 40.6 Å². The zero-order valence-electron chi connectivity index (χ0n) is 9.31. The van der Waals surface area contributed by atoms with Crippen LogP contribution in [0, 0.1) is 0 Å². The molecule has 1 saturated heterocycles. The number of aromatic nitrogens is 2. The Hall–Kier alpha value is -1.16. The number of aryl methyl sites for hydroxylation is 1. The van der Waals surface area contributed by atoms with Crippen LogP contribution < -0.4 is 0 Å². The first-order chi connectivity index (χ1) is 7.24. The molecule has 0 amide bonds. The van der Waals surface area contributed by atoms with Crippen LogP contribution >= 0.6 is 0 Å². The molecule has 4 heteroatoms. The van der Waals surface area contributed by atoms with E-state index in [1.165, 1.54) is 0 Å². The first-order valence-corrected chi connectivity index (χ1v) is 5.46. The summed E-state index contributed by atoms with van der Waals surface area (Å²) in [5.74, 6) is 0.504. The van der Waals surface area contributed by atoms with Crippen LogP contribution in [-0.2, 0) is 7.05 Å². The summed E-state index contributed by atoms with van der Waals surface area (Å²) in [6.45, 7) is 5.50. The van der Waals surface area contributed by atoms with Crippen LogP contribution in [0.2, 0.25) is 0 Å². The fraction of sp³-hybridized carbons (Fsp3) is 0.636. The Morgan fingerprint density at radius 2 is 2.47 bits per heavy atom. The van der Waals surface area contributed by atoms with Gasteiger partial charge in [-0.15, -0.1) is 0 Å². The summed E-state index contributed by atoms with van der Waals surface area (Å²) >= 11 is 0. The molecule has 4 nitrogen and oxygen atoms in total. The van der Waals surface area contributed by atoms with Gasteiger partial charge in [0.25, 0.3) is 0 Å². The molecule has 2 heterocycles. The molecule has 0 N–H and O–H groups in total. The van der Waals surface area contributed by atoms with Gasteiger partial charge in [-0.05, 0) is 25.6 Å². The number of carbonyl (C=O) groups excluding carboxylic acids is 1. The first-order valence-electron chi connectivity index (χ1n) is 5.46. The largest absolute Gasteiger partial charge is 0.303 e. The minimum atomic E-state index is 0.504. The third-order valence-electron chi connectivity index (χ3n) is 3.19. The van der Waals surface area contributed by atoms with Gasteiger partial charge >= 0.3 is 0 Å². The zero-order chi connectivity index (χ0) is 10.8. The molecule has 1 aliphatic rings. The minimum absolute atomic E-state index is 0.504. The summed E-state index contributed by atoms with van der Waals surface area (Å²) < 4.78 is 1.66. The second kappa shape index (κ2) is 4.14. The van der Waals surface area contributed by atoms with E-state index in [0.717, 1.165) is 38.0 Å². The molecule has 1 aromatic heterocycles. The summed E-state index contributed by atoms with van der Waals surface area (Å²) in [5, 5.41) is 4.39. The van der Waals surface area contributed by atoms with Crippen molar-refractivity contribution in [3.63, 3.8) is 0 Å². The average Bonchev–Trinajstić information content (AvgIpc) is 2.83. The molecular weight excluding hydrogens is 190 g/mol. The van der Waals surface area contributed by atoms with Gasteiger partial charge in [0.05, 0.1) is 5.69 Å². The summed E-state index contributed by atoms with van der Waals surface area (Å²) in [6, 6.07) is 1.91. The van der Waals surface area contributed by atoms with Gasteiger partial charge in [-0.3, -0.25) is 9.48 Å². The van der Waals surface area contributed by atoms with E-state index in [0.29, 0.717) is 11.6 Å². The number of carbonyl (C=O) groups is 1. The molecule has 0 saturated carbocycles. The lowest BCUT2D eigenvalue weighted by Crippen LogP contribution is -2.19. The van der Waals surface area contributed by atoms with Gasteiger partial charge in [0, 0.05) is 19.5 Å². The number of nitrogens with zero attached hydrogens (tertiary/aromatic N) is 3. The summed E-state index contributed by atoms with van der Waals surface area (Å²) in [4.78, 5) is 13.1. The topological polar surface area (TPSA) is 38.1 Å². The maximum absolute atomic E-state index is 10.7. The fourth-order valence-corrected chi connectivity index (χ4v) is 2.18. The molecule has 1 atom stereocenters. The molecular formula is C11H17N3O. The molecule has 82 valence electrons. The second-order valence-electron chi connectivity index (χ2n) is 4.11. The highest BCUT2D eigenvalue weighted by molar-refractivity contribution is 5.72. The van der Waals surface area contributed by atoms with Crippen LogP contribution in [0.5, 0.6) is 0 Å². The highest BCUT2D eigenvalue weighted by Crippen LogP contribution is 2.25. The molecule has 1 fully saturated rings.